The molecule has 2 rings (SSSR count). The second-order valence-corrected chi connectivity index (χ2v) is 5.42. The van der Waals surface area contributed by atoms with Crippen molar-refractivity contribution in [2.45, 2.75) is 25.4 Å². The summed E-state index contributed by atoms with van der Waals surface area (Å²) in [5.74, 6) is 0. The highest BCUT2D eigenvalue weighted by atomic mass is 35.5. The summed E-state index contributed by atoms with van der Waals surface area (Å²) in [4.78, 5) is 14.1. The Kier molecular flexibility index (Phi) is 5.39. The van der Waals surface area contributed by atoms with Crippen LogP contribution in [0, 0.1) is 0 Å². The highest BCUT2D eigenvalue weighted by Gasteiger charge is 2.19. The second kappa shape index (κ2) is 7.06. The molecule has 0 aromatic carbocycles. The average Bonchev–Trinajstić information content (AvgIpc) is 2.93. The van der Waals surface area contributed by atoms with Crippen molar-refractivity contribution in [2.24, 2.45) is 0 Å². The number of hydrogen-bond acceptors (Lipinski definition) is 5. The maximum Gasteiger partial charge on any atom is 0.287 e. The summed E-state index contributed by atoms with van der Waals surface area (Å²) < 4.78 is 6.28. The van der Waals surface area contributed by atoms with Crippen molar-refractivity contribution in [1.82, 2.24) is 15.1 Å². The molecule has 0 radical (unpaired) electrons. The Bertz CT molecular complexity index is 500. The molecule has 0 amide bonds. The Labute approximate surface area is 123 Å². The molecular weight excluding hydrogens is 280 g/mol. The van der Waals surface area contributed by atoms with Crippen LogP contribution < -0.4 is 15.8 Å². The van der Waals surface area contributed by atoms with Crippen LogP contribution >= 0.6 is 11.6 Å². The van der Waals surface area contributed by atoms with E-state index in [9.17, 15) is 4.79 Å². The zero-order valence-corrected chi connectivity index (χ0v) is 12.7. The molecule has 0 saturated carbocycles. The number of nitrogens with zero attached hydrogens (tertiary/aromatic N) is 3. The number of aromatic nitrogens is 2. The minimum absolute atomic E-state index is 0.219. The van der Waals surface area contributed by atoms with Gasteiger partial charge in [0.05, 0.1) is 25.0 Å². The van der Waals surface area contributed by atoms with Crippen LogP contribution in [0.1, 0.15) is 12.8 Å². The third-order valence-corrected chi connectivity index (χ3v) is 3.90. The van der Waals surface area contributed by atoms with Crippen LogP contribution in [-0.2, 0) is 11.3 Å². The maximum absolute atomic E-state index is 12.1. The first-order valence-electron chi connectivity index (χ1n) is 6.82. The fraction of sp³-hybridized carbons (Fsp3) is 0.692. The molecule has 1 unspecified atom stereocenters. The summed E-state index contributed by atoms with van der Waals surface area (Å²) in [7, 11) is 3.52. The van der Waals surface area contributed by atoms with Crippen molar-refractivity contribution in [3.05, 3.63) is 21.6 Å². The van der Waals surface area contributed by atoms with E-state index in [2.05, 4.69) is 10.4 Å². The molecule has 0 spiro atoms. The Morgan fingerprint density at radius 1 is 1.65 bits per heavy atom. The van der Waals surface area contributed by atoms with Crippen LogP contribution in [0.3, 0.4) is 0 Å². The first-order chi connectivity index (χ1) is 9.63. The third kappa shape index (κ3) is 3.50. The number of anilines is 1. The van der Waals surface area contributed by atoms with Gasteiger partial charge in [-0.3, -0.25) is 4.79 Å². The molecule has 0 bridgehead atoms. The van der Waals surface area contributed by atoms with E-state index in [4.69, 9.17) is 16.3 Å². The first kappa shape index (κ1) is 15.3. The van der Waals surface area contributed by atoms with E-state index in [0.29, 0.717) is 24.9 Å². The van der Waals surface area contributed by atoms with Gasteiger partial charge in [0.2, 0.25) is 0 Å². The number of likely N-dealkylation sites (N-methyl/N-ethyl adjacent to an activating group) is 1. The van der Waals surface area contributed by atoms with Crippen molar-refractivity contribution in [1.29, 1.82) is 0 Å². The lowest BCUT2D eigenvalue weighted by atomic mass is 10.2. The van der Waals surface area contributed by atoms with Gasteiger partial charge in [-0.05, 0) is 19.4 Å². The van der Waals surface area contributed by atoms with Crippen LogP contribution in [0.5, 0.6) is 0 Å². The molecule has 20 heavy (non-hydrogen) atoms. The van der Waals surface area contributed by atoms with E-state index in [1.807, 2.05) is 11.9 Å². The lowest BCUT2D eigenvalue weighted by Crippen LogP contribution is -2.36. The molecule has 1 aliphatic rings. The predicted molar refractivity (Wildman–Crippen MR) is 79.7 cm³/mol. The molecule has 1 atom stereocenters. The Morgan fingerprint density at radius 3 is 3.10 bits per heavy atom. The van der Waals surface area contributed by atoms with Crippen molar-refractivity contribution in [3.63, 3.8) is 0 Å². The van der Waals surface area contributed by atoms with E-state index in [-0.39, 0.29) is 10.6 Å². The average molecular weight is 301 g/mol. The van der Waals surface area contributed by atoms with Crippen LogP contribution in [0.4, 0.5) is 5.69 Å². The SMILES string of the molecule is COCCn1ncc(N(C)CC2CCCN2)c(Cl)c1=O. The molecule has 0 aliphatic carbocycles. The summed E-state index contributed by atoms with van der Waals surface area (Å²) in [6, 6.07) is 0.451. The molecule has 2 heterocycles. The lowest BCUT2D eigenvalue weighted by Gasteiger charge is -2.23. The van der Waals surface area contributed by atoms with Crippen LogP contribution in [0.2, 0.25) is 5.02 Å². The second-order valence-electron chi connectivity index (χ2n) is 5.04. The minimum atomic E-state index is -0.271. The van der Waals surface area contributed by atoms with Gasteiger partial charge >= 0.3 is 0 Å². The molecule has 1 N–H and O–H groups in total. The standard InChI is InChI=1S/C13H21ClN4O2/c1-17(9-10-4-3-5-15-10)11-8-16-18(6-7-20-2)13(19)12(11)14/h8,10,15H,3-7,9H2,1-2H3. The lowest BCUT2D eigenvalue weighted by molar-refractivity contribution is 0.182. The highest BCUT2D eigenvalue weighted by molar-refractivity contribution is 6.33. The molecule has 1 aromatic rings. The van der Waals surface area contributed by atoms with E-state index in [1.54, 1.807) is 13.3 Å². The Morgan fingerprint density at radius 2 is 2.45 bits per heavy atom. The van der Waals surface area contributed by atoms with Gasteiger partial charge in [-0.15, -0.1) is 0 Å². The van der Waals surface area contributed by atoms with Crippen molar-refractivity contribution < 1.29 is 4.74 Å². The van der Waals surface area contributed by atoms with Crippen molar-refractivity contribution >= 4 is 17.3 Å². The Balaban J connectivity index is 2.11. The van der Waals surface area contributed by atoms with E-state index in [0.717, 1.165) is 19.5 Å². The number of nitrogens with one attached hydrogen (secondary N) is 1. The zero-order valence-electron chi connectivity index (χ0n) is 11.9. The van der Waals surface area contributed by atoms with Gasteiger partial charge in [0.15, 0.2) is 0 Å². The zero-order chi connectivity index (χ0) is 14.5. The van der Waals surface area contributed by atoms with Gasteiger partial charge < -0.3 is 15.0 Å². The number of ether oxygens (including phenoxy) is 1. The first-order valence-corrected chi connectivity index (χ1v) is 7.20. The summed E-state index contributed by atoms with van der Waals surface area (Å²) in [6.07, 6.45) is 4.00. The van der Waals surface area contributed by atoms with E-state index >= 15 is 0 Å². The van der Waals surface area contributed by atoms with Gasteiger partial charge in [0, 0.05) is 26.7 Å². The number of methoxy groups -OCH3 is 1. The van der Waals surface area contributed by atoms with Crippen LogP contribution in [-0.4, -0.2) is 49.7 Å². The summed E-state index contributed by atoms with van der Waals surface area (Å²) in [5, 5.41) is 7.79. The molecule has 1 aromatic heterocycles. The quantitative estimate of drug-likeness (QED) is 0.839. The third-order valence-electron chi connectivity index (χ3n) is 3.54. The fourth-order valence-corrected chi connectivity index (χ4v) is 2.69. The molecule has 112 valence electrons. The summed E-state index contributed by atoms with van der Waals surface area (Å²) in [6.45, 7) is 2.72. The summed E-state index contributed by atoms with van der Waals surface area (Å²) in [5.41, 5.74) is 0.409. The molecule has 7 heteroatoms. The number of rotatable bonds is 6. The minimum Gasteiger partial charge on any atom is -0.383 e. The molecule has 1 saturated heterocycles. The molecular formula is C13H21ClN4O2. The monoisotopic (exact) mass is 300 g/mol. The number of halogens is 1. The molecule has 6 nitrogen and oxygen atoms in total. The van der Waals surface area contributed by atoms with E-state index < -0.39 is 0 Å². The highest BCUT2D eigenvalue weighted by Crippen LogP contribution is 2.20. The van der Waals surface area contributed by atoms with Crippen molar-refractivity contribution in [2.75, 3.05) is 38.8 Å². The van der Waals surface area contributed by atoms with Crippen LogP contribution in [0.15, 0.2) is 11.0 Å². The molecule has 1 aliphatic heterocycles. The largest absolute Gasteiger partial charge is 0.383 e. The van der Waals surface area contributed by atoms with Crippen LogP contribution in [0.25, 0.3) is 0 Å². The smallest absolute Gasteiger partial charge is 0.287 e. The van der Waals surface area contributed by atoms with Gasteiger partial charge in [0.25, 0.3) is 5.56 Å². The van der Waals surface area contributed by atoms with Crippen molar-refractivity contribution in [3.8, 4) is 0 Å². The Hall–Kier alpha value is -1.11. The van der Waals surface area contributed by atoms with Gasteiger partial charge in [0.1, 0.15) is 5.02 Å². The number of hydrogen-bond donors (Lipinski definition) is 1. The summed E-state index contributed by atoms with van der Waals surface area (Å²) >= 11 is 6.18. The predicted octanol–water partition coefficient (Wildman–Crippen LogP) is 0.731. The normalized spacial score (nSPS) is 18.4. The van der Waals surface area contributed by atoms with E-state index in [1.165, 1.54) is 11.1 Å². The van der Waals surface area contributed by atoms with Gasteiger partial charge in [-0.2, -0.15) is 5.10 Å². The topological polar surface area (TPSA) is 59.4 Å². The van der Waals surface area contributed by atoms with Gasteiger partial charge in [-0.25, -0.2) is 4.68 Å². The molecule has 1 fully saturated rings. The van der Waals surface area contributed by atoms with Gasteiger partial charge in [-0.1, -0.05) is 11.6 Å². The fourth-order valence-electron chi connectivity index (χ4n) is 2.40. The maximum atomic E-state index is 12.1.